The van der Waals surface area contributed by atoms with E-state index in [4.69, 9.17) is 4.74 Å². The van der Waals surface area contributed by atoms with Gasteiger partial charge in [0.15, 0.2) is 0 Å². The number of hydrogen-bond acceptors (Lipinski definition) is 2. The van der Waals surface area contributed by atoms with Crippen LogP contribution in [0.4, 0.5) is 0 Å². The molecule has 1 atom stereocenters. The first kappa shape index (κ1) is 7.10. The highest BCUT2D eigenvalue weighted by atomic mass is 16.5. The predicted molar refractivity (Wildman–Crippen MR) is 45.0 cm³/mol. The summed E-state index contributed by atoms with van der Waals surface area (Å²) in [5.74, 6) is 0. The number of fused-ring (bicyclic) bond motifs is 1. The third-order valence-electron chi connectivity index (χ3n) is 1.93. The van der Waals surface area contributed by atoms with Crippen molar-refractivity contribution >= 4 is 12.5 Å². The number of benzene rings is 1. The van der Waals surface area contributed by atoms with Crippen molar-refractivity contribution in [3.8, 4) is 0 Å². The van der Waals surface area contributed by atoms with Crippen molar-refractivity contribution in [2.45, 2.75) is 6.10 Å². The highest BCUT2D eigenvalue weighted by Crippen LogP contribution is 2.29. The zero-order valence-electron chi connectivity index (χ0n) is 6.36. The van der Waals surface area contributed by atoms with E-state index in [2.05, 4.69) is 0 Å². The fraction of sp³-hybridized carbons (Fsp3) is 0.100. The lowest BCUT2D eigenvalue weighted by molar-refractivity contribution is 0.226. The van der Waals surface area contributed by atoms with E-state index in [1.807, 2.05) is 36.4 Å². The molecule has 1 aliphatic rings. The summed E-state index contributed by atoms with van der Waals surface area (Å²) in [6.45, 7) is 1.45. The lowest BCUT2D eigenvalue weighted by atomic mass is 10.1. The summed E-state index contributed by atoms with van der Waals surface area (Å²) >= 11 is 0. The fourth-order valence-corrected chi connectivity index (χ4v) is 1.37. The Morgan fingerprint density at radius 1 is 1.33 bits per heavy atom. The van der Waals surface area contributed by atoms with E-state index in [-0.39, 0.29) is 6.10 Å². The first-order valence-electron chi connectivity index (χ1n) is 3.72. The minimum absolute atomic E-state index is 0.237. The molecule has 0 fully saturated rings. The van der Waals surface area contributed by atoms with Crippen LogP contribution in [0.15, 0.2) is 30.3 Å². The Bertz CT molecular complexity index is 328. The molecule has 1 radical (unpaired) electrons. The zero-order valence-corrected chi connectivity index (χ0v) is 6.36. The van der Waals surface area contributed by atoms with Crippen LogP contribution in [0.5, 0.6) is 0 Å². The first-order chi connectivity index (χ1) is 5.92. The van der Waals surface area contributed by atoms with Crippen molar-refractivity contribution in [3.05, 3.63) is 41.5 Å². The highest BCUT2D eigenvalue weighted by molar-refractivity contribution is 5.62. The van der Waals surface area contributed by atoms with E-state index in [1.165, 1.54) is 6.47 Å². The third kappa shape index (κ3) is 1.01. The molecule has 0 amide bonds. The van der Waals surface area contributed by atoms with E-state index < -0.39 is 0 Å². The molecule has 0 bridgehead atoms. The van der Waals surface area contributed by atoms with Gasteiger partial charge in [0.1, 0.15) is 6.10 Å². The van der Waals surface area contributed by atoms with Gasteiger partial charge in [0.2, 0.25) is 0 Å². The van der Waals surface area contributed by atoms with Gasteiger partial charge in [0, 0.05) is 5.56 Å². The second-order valence-electron chi connectivity index (χ2n) is 2.61. The van der Waals surface area contributed by atoms with Gasteiger partial charge in [-0.1, -0.05) is 30.3 Å². The standard InChI is InChI=1S/C10H7O2/c11-7-12-10-6-5-8-3-1-2-4-9(8)10/h1-6,10H. The van der Waals surface area contributed by atoms with Crippen LogP contribution < -0.4 is 0 Å². The summed E-state index contributed by atoms with van der Waals surface area (Å²) in [7, 11) is 0. The van der Waals surface area contributed by atoms with Gasteiger partial charge in [-0.2, -0.15) is 0 Å². The first-order valence-corrected chi connectivity index (χ1v) is 3.72. The number of hydrogen-bond donors (Lipinski definition) is 0. The summed E-state index contributed by atoms with van der Waals surface area (Å²) in [5.41, 5.74) is 2.14. The van der Waals surface area contributed by atoms with Crippen molar-refractivity contribution in [1.29, 1.82) is 0 Å². The molecule has 0 spiro atoms. The third-order valence-corrected chi connectivity index (χ3v) is 1.93. The minimum Gasteiger partial charge on any atom is -0.445 e. The molecule has 1 aromatic rings. The molecular formula is C10H7O2. The minimum atomic E-state index is -0.237. The maximum absolute atomic E-state index is 9.99. The van der Waals surface area contributed by atoms with Gasteiger partial charge < -0.3 is 4.74 Å². The van der Waals surface area contributed by atoms with E-state index in [0.717, 1.165) is 11.1 Å². The van der Waals surface area contributed by atoms with Gasteiger partial charge >= 0.3 is 6.47 Å². The second kappa shape index (κ2) is 2.81. The second-order valence-corrected chi connectivity index (χ2v) is 2.61. The topological polar surface area (TPSA) is 26.3 Å². The Labute approximate surface area is 70.5 Å². The lowest BCUT2D eigenvalue weighted by Gasteiger charge is -2.06. The highest BCUT2D eigenvalue weighted by Gasteiger charge is 2.16. The summed E-state index contributed by atoms with van der Waals surface area (Å²) in [6.07, 6.45) is 3.55. The van der Waals surface area contributed by atoms with E-state index >= 15 is 0 Å². The molecule has 2 rings (SSSR count). The average molecular weight is 159 g/mol. The zero-order chi connectivity index (χ0) is 8.39. The van der Waals surface area contributed by atoms with Crippen LogP contribution in [0, 0.1) is 0 Å². The van der Waals surface area contributed by atoms with Gasteiger partial charge in [-0.3, -0.25) is 0 Å². The molecule has 12 heavy (non-hydrogen) atoms. The Kier molecular flexibility index (Phi) is 1.67. The van der Waals surface area contributed by atoms with Crippen molar-refractivity contribution in [2.24, 2.45) is 0 Å². The molecule has 0 N–H and O–H groups in total. The van der Waals surface area contributed by atoms with Crippen LogP contribution in [-0.2, 0) is 9.53 Å². The number of rotatable bonds is 2. The lowest BCUT2D eigenvalue weighted by Crippen LogP contribution is -1.96. The quantitative estimate of drug-likeness (QED) is 0.658. The largest absolute Gasteiger partial charge is 0.445 e. The van der Waals surface area contributed by atoms with Gasteiger partial charge in [-0.25, -0.2) is 4.79 Å². The van der Waals surface area contributed by atoms with Crippen molar-refractivity contribution < 1.29 is 9.53 Å². The van der Waals surface area contributed by atoms with Crippen molar-refractivity contribution in [3.63, 3.8) is 0 Å². The number of carbonyl (C=O) groups excluding carboxylic acids is 1. The Morgan fingerprint density at radius 3 is 3.00 bits per heavy atom. The molecule has 1 aromatic carbocycles. The van der Waals surface area contributed by atoms with Crippen LogP contribution in [0.25, 0.3) is 6.08 Å². The number of ether oxygens (including phenoxy) is 1. The molecule has 0 saturated heterocycles. The Balaban J connectivity index is 2.35. The van der Waals surface area contributed by atoms with Gasteiger partial charge in [0.25, 0.3) is 0 Å². The van der Waals surface area contributed by atoms with E-state index in [9.17, 15) is 4.79 Å². The molecule has 0 aromatic heterocycles. The molecule has 59 valence electrons. The molecule has 0 aliphatic heterocycles. The molecule has 1 aliphatic carbocycles. The smallest absolute Gasteiger partial charge is 0.418 e. The summed E-state index contributed by atoms with van der Waals surface area (Å²) in [4.78, 5) is 9.99. The summed E-state index contributed by atoms with van der Waals surface area (Å²) < 4.78 is 4.74. The van der Waals surface area contributed by atoms with E-state index in [0.29, 0.717) is 0 Å². The molecule has 2 nitrogen and oxygen atoms in total. The normalized spacial score (nSPS) is 18.8. The molecular weight excluding hydrogens is 152 g/mol. The van der Waals surface area contributed by atoms with Gasteiger partial charge in [0.05, 0.1) is 0 Å². The van der Waals surface area contributed by atoms with Gasteiger partial charge in [-0.15, -0.1) is 0 Å². The van der Waals surface area contributed by atoms with Crippen LogP contribution in [0.2, 0.25) is 0 Å². The fourth-order valence-electron chi connectivity index (χ4n) is 1.37. The van der Waals surface area contributed by atoms with Crippen LogP contribution in [0.3, 0.4) is 0 Å². The summed E-state index contributed by atoms with van der Waals surface area (Å²) in [5, 5.41) is 0. The SMILES string of the molecule is O=[C]OC1C=Cc2ccccc21. The van der Waals surface area contributed by atoms with Crippen LogP contribution in [-0.4, -0.2) is 6.47 Å². The average Bonchev–Trinajstić information content (AvgIpc) is 2.50. The molecule has 2 heteroatoms. The predicted octanol–water partition coefficient (Wildman–Crippen LogP) is 1.84. The summed E-state index contributed by atoms with van der Waals surface area (Å²) in [6, 6.07) is 7.81. The van der Waals surface area contributed by atoms with Crippen molar-refractivity contribution in [2.75, 3.05) is 0 Å². The Morgan fingerprint density at radius 2 is 2.17 bits per heavy atom. The Hall–Kier alpha value is -1.57. The maximum atomic E-state index is 9.99. The van der Waals surface area contributed by atoms with E-state index in [1.54, 1.807) is 0 Å². The van der Waals surface area contributed by atoms with Crippen LogP contribution in [0.1, 0.15) is 17.2 Å². The maximum Gasteiger partial charge on any atom is 0.418 e. The van der Waals surface area contributed by atoms with Crippen molar-refractivity contribution in [1.82, 2.24) is 0 Å². The molecule has 0 heterocycles. The van der Waals surface area contributed by atoms with Gasteiger partial charge in [-0.05, 0) is 11.6 Å². The molecule has 0 saturated carbocycles. The monoisotopic (exact) mass is 159 g/mol. The molecule has 1 unspecified atom stereocenters. The van der Waals surface area contributed by atoms with Crippen LogP contribution >= 0.6 is 0 Å².